The third-order valence-electron chi connectivity index (χ3n) is 4.50. The summed E-state index contributed by atoms with van der Waals surface area (Å²) in [6.45, 7) is 4.50. The van der Waals surface area contributed by atoms with E-state index in [1.54, 1.807) is 18.3 Å². The van der Waals surface area contributed by atoms with Crippen molar-refractivity contribution in [1.29, 1.82) is 0 Å². The monoisotopic (exact) mass is 375 g/mol. The lowest BCUT2D eigenvalue weighted by atomic mass is 10.0. The molecule has 2 aromatic carbocycles. The third-order valence-corrected chi connectivity index (χ3v) is 4.50. The maximum atomic E-state index is 12.6. The highest BCUT2D eigenvalue weighted by molar-refractivity contribution is 6.04. The summed E-state index contributed by atoms with van der Waals surface area (Å²) in [6, 6.07) is 16.8. The number of carbonyl (C=O) groups is 1. The Balaban J connectivity index is 1.46. The van der Waals surface area contributed by atoms with Crippen LogP contribution in [0.25, 0.3) is 0 Å². The molecular formula is C22H21N3O3. The summed E-state index contributed by atoms with van der Waals surface area (Å²) in [4.78, 5) is 16.9. The van der Waals surface area contributed by atoms with Crippen LogP contribution in [0.3, 0.4) is 0 Å². The van der Waals surface area contributed by atoms with E-state index in [4.69, 9.17) is 9.47 Å². The van der Waals surface area contributed by atoms with E-state index in [9.17, 15) is 4.79 Å². The van der Waals surface area contributed by atoms with Crippen LogP contribution in [0.15, 0.2) is 60.8 Å². The lowest BCUT2D eigenvalue weighted by Crippen LogP contribution is -2.12. The summed E-state index contributed by atoms with van der Waals surface area (Å²) >= 11 is 0. The Morgan fingerprint density at radius 3 is 2.50 bits per heavy atom. The van der Waals surface area contributed by atoms with Crippen molar-refractivity contribution >= 4 is 23.1 Å². The van der Waals surface area contributed by atoms with Gasteiger partial charge in [0.25, 0.3) is 5.91 Å². The second-order valence-corrected chi connectivity index (χ2v) is 6.85. The summed E-state index contributed by atoms with van der Waals surface area (Å²) in [5, 5.41) is 6.10. The van der Waals surface area contributed by atoms with Crippen LogP contribution in [0.1, 0.15) is 35.7 Å². The van der Waals surface area contributed by atoms with E-state index in [1.165, 1.54) is 5.56 Å². The molecule has 1 aromatic heterocycles. The Kier molecular flexibility index (Phi) is 4.85. The van der Waals surface area contributed by atoms with Crippen LogP contribution in [-0.2, 0) is 0 Å². The normalized spacial score (nSPS) is 12.1. The van der Waals surface area contributed by atoms with Crippen molar-refractivity contribution < 1.29 is 14.3 Å². The van der Waals surface area contributed by atoms with Crippen LogP contribution in [0.5, 0.6) is 11.5 Å². The number of hydrogen-bond donors (Lipinski definition) is 2. The molecule has 2 heterocycles. The number of hydrogen-bond acceptors (Lipinski definition) is 5. The fourth-order valence-electron chi connectivity index (χ4n) is 2.92. The Morgan fingerprint density at radius 2 is 1.71 bits per heavy atom. The highest BCUT2D eigenvalue weighted by Crippen LogP contribution is 2.35. The summed E-state index contributed by atoms with van der Waals surface area (Å²) in [7, 11) is 0. The molecule has 0 atom stereocenters. The van der Waals surface area contributed by atoms with Crippen molar-refractivity contribution in [2.45, 2.75) is 19.8 Å². The van der Waals surface area contributed by atoms with Gasteiger partial charge in [-0.3, -0.25) is 4.79 Å². The minimum atomic E-state index is -0.187. The number of benzene rings is 2. The van der Waals surface area contributed by atoms with Gasteiger partial charge in [0.1, 0.15) is 5.82 Å². The van der Waals surface area contributed by atoms with Crippen molar-refractivity contribution in [2.75, 3.05) is 17.4 Å². The number of rotatable bonds is 5. The topological polar surface area (TPSA) is 72.5 Å². The number of carbonyl (C=O) groups excluding carboxylic acids is 1. The Bertz CT molecular complexity index is 1000. The lowest BCUT2D eigenvalue weighted by molar-refractivity contribution is 0.102. The van der Waals surface area contributed by atoms with Crippen molar-refractivity contribution in [1.82, 2.24) is 4.98 Å². The van der Waals surface area contributed by atoms with Gasteiger partial charge in [-0.2, -0.15) is 0 Å². The van der Waals surface area contributed by atoms with Gasteiger partial charge >= 0.3 is 0 Å². The van der Waals surface area contributed by atoms with Crippen LogP contribution >= 0.6 is 0 Å². The molecule has 1 aliphatic rings. The van der Waals surface area contributed by atoms with E-state index in [0.717, 1.165) is 17.1 Å². The van der Waals surface area contributed by atoms with Crippen LogP contribution in [-0.4, -0.2) is 17.7 Å². The molecule has 0 fully saturated rings. The molecule has 0 saturated carbocycles. The van der Waals surface area contributed by atoms with Gasteiger partial charge in [0, 0.05) is 29.2 Å². The third kappa shape index (κ3) is 3.91. The molecule has 2 N–H and O–H groups in total. The maximum Gasteiger partial charge on any atom is 0.255 e. The number of anilines is 3. The Hall–Kier alpha value is -3.54. The largest absolute Gasteiger partial charge is 0.454 e. The molecule has 1 aliphatic heterocycles. The fourth-order valence-corrected chi connectivity index (χ4v) is 2.92. The minimum Gasteiger partial charge on any atom is -0.454 e. The highest BCUT2D eigenvalue weighted by atomic mass is 16.7. The molecule has 0 saturated heterocycles. The van der Waals surface area contributed by atoms with Gasteiger partial charge in [-0.05, 0) is 47.9 Å². The van der Waals surface area contributed by atoms with Crippen LogP contribution in [0, 0.1) is 0 Å². The van der Waals surface area contributed by atoms with E-state index in [0.29, 0.717) is 23.0 Å². The zero-order chi connectivity index (χ0) is 19.5. The zero-order valence-corrected chi connectivity index (χ0v) is 15.7. The molecule has 3 aromatic rings. The second-order valence-electron chi connectivity index (χ2n) is 6.85. The van der Waals surface area contributed by atoms with Crippen molar-refractivity contribution in [3.63, 3.8) is 0 Å². The zero-order valence-electron chi connectivity index (χ0n) is 15.7. The summed E-state index contributed by atoms with van der Waals surface area (Å²) < 4.78 is 10.7. The highest BCUT2D eigenvalue weighted by Gasteiger charge is 2.14. The maximum absolute atomic E-state index is 12.6. The fraction of sp³-hybridized carbons (Fsp3) is 0.182. The molecule has 142 valence electrons. The number of pyridine rings is 1. The van der Waals surface area contributed by atoms with Crippen molar-refractivity contribution in [2.24, 2.45) is 0 Å². The number of fused-ring (bicyclic) bond motifs is 1. The molecular weight excluding hydrogens is 354 g/mol. The van der Waals surface area contributed by atoms with Crippen LogP contribution in [0.2, 0.25) is 0 Å². The molecule has 0 radical (unpaired) electrons. The smallest absolute Gasteiger partial charge is 0.255 e. The molecule has 0 bridgehead atoms. The predicted octanol–water partition coefficient (Wildman–Crippen LogP) is 4.93. The molecule has 6 heteroatoms. The van der Waals surface area contributed by atoms with Crippen molar-refractivity contribution in [3.05, 3.63) is 71.9 Å². The first kappa shape index (κ1) is 17.9. The van der Waals surface area contributed by atoms with E-state index >= 15 is 0 Å². The van der Waals surface area contributed by atoms with E-state index in [-0.39, 0.29) is 12.7 Å². The molecule has 4 rings (SSSR count). The van der Waals surface area contributed by atoms with Crippen molar-refractivity contribution in [3.8, 4) is 11.5 Å². The molecule has 0 spiro atoms. The molecule has 28 heavy (non-hydrogen) atoms. The average Bonchev–Trinajstić information content (AvgIpc) is 3.16. The van der Waals surface area contributed by atoms with Gasteiger partial charge in [0.15, 0.2) is 11.5 Å². The summed E-state index contributed by atoms with van der Waals surface area (Å²) in [6.07, 6.45) is 1.60. The second kappa shape index (κ2) is 7.60. The van der Waals surface area contributed by atoms with E-state index in [2.05, 4.69) is 29.5 Å². The van der Waals surface area contributed by atoms with E-state index in [1.807, 2.05) is 42.5 Å². The standard InChI is InChI=1S/C22H21N3O3/c1-14(2)15-3-5-17(6-4-15)25-22(26)16-9-10-23-21(11-16)24-18-7-8-19-20(12-18)28-13-27-19/h3-12,14H,13H2,1-2H3,(H,23,24)(H,25,26). The van der Waals surface area contributed by atoms with E-state index < -0.39 is 0 Å². The quantitative estimate of drug-likeness (QED) is 0.661. The molecule has 0 aliphatic carbocycles. The SMILES string of the molecule is CC(C)c1ccc(NC(=O)c2ccnc(Nc3ccc4c(c3)OCO4)c2)cc1. The first-order valence-corrected chi connectivity index (χ1v) is 9.12. The van der Waals surface area contributed by atoms with Gasteiger partial charge in [-0.1, -0.05) is 26.0 Å². The minimum absolute atomic E-state index is 0.187. The molecule has 1 amide bonds. The number of aromatic nitrogens is 1. The predicted molar refractivity (Wildman–Crippen MR) is 109 cm³/mol. The van der Waals surface area contributed by atoms with Gasteiger partial charge in [-0.15, -0.1) is 0 Å². The summed E-state index contributed by atoms with van der Waals surface area (Å²) in [5.74, 6) is 2.24. The summed E-state index contributed by atoms with van der Waals surface area (Å²) in [5.41, 5.74) is 3.32. The van der Waals surface area contributed by atoms with Gasteiger partial charge in [-0.25, -0.2) is 4.98 Å². The lowest BCUT2D eigenvalue weighted by Gasteiger charge is -2.10. The Labute approximate surface area is 163 Å². The molecule has 6 nitrogen and oxygen atoms in total. The number of nitrogens with one attached hydrogen (secondary N) is 2. The number of nitrogens with zero attached hydrogens (tertiary/aromatic N) is 1. The average molecular weight is 375 g/mol. The van der Waals surface area contributed by atoms with Crippen LogP contribution < -0.4 is 20.1 Å². The first-order chi connectivity index (χ1) is 13.6. The number of amides is 1. The van der Waals surface area contributed by atoms with Gasteiger partial charge in [0.05, 0.1) is 0 Å². The van der Waals surface area contributed by atoms with Gasteiger partial charge < -0.3 is 20.1 Å². The Morgan fingerprint density at radius 1 is 0.964 bits per heavy atom. The van der Waals surface area contributed by atoms with Crippen LogP contribution in [0.4, 0.5) is 17.2 Å². The van der Waals surface area contributed by atoms with Gasteiger partial charge in [0.2, 0.25) is 6.79 Å². The first-order valence-electron chi connectivity index (χ1n) is 9.12. The molecule has 0 unspecified atom stereocenters. The number of ether oxygens (including phenoxy) is 2.